The maximum Gasteiger partial charge on any atom is 0.198 e. The molecule has 9 heteroatoms. The van der Waals surface area contributed by atoms with Crippen LogP contribution in [0.1, 0.15) is 12.8 Å². The van der Waals surface area contributed by atoms with Gasteiger partial charge in [-0.05, 0) is 25.3 Å². The van der Waals surface area contributed by atoms with Crippen LogP contribution in [0, 0.1) is 5.92 Å². The van der Waals surface area contributed by atoms with Crippen LogP contribution in [0.2, 0.25) is 0 Å². The Hall–Kier alpha value is -2.19. The number of hydrogen-bond acceptors (Lipinski definition) is 6. The second-order valence-corrected chi connectivity index (χ2v) is 6.05. The third-order valence-corrected chi connectivity index (χ3v) is 4.49. The molecule has 0 bridgehead atoms. The number of piperidine rings is 1. The topological polar surface area (TPSA) is 90.2 Å². The van der Waals surface area contributed by atoms with Crippen LogP contribution in [-0.2, 0) is 7.05 Å². The van der Waals surface area contributed by atoms with Crippen LogP contribution in [0.25, 0.3) is 16.9 Å². The van der Waals surface area contributed by atoms with Crippen molar-refractivity contribution in [3.05, 3.63) is 24.9 Å². The lowest BCUT2D eigenvalue weighted by atomic mass is 9.97. The number of hydrogen-bond donors (Lipinski definition) is 1. The zero-order chi connectivity index (χ0) is 15.8. The van der Waals surface area contributed by atoms with Gasteiger partial charge in [0, 0.05) is 31.9 Å². The van der Waals surface area contributed by atoms with Crippen molar-refractivity contribution in [1.29, 1.82) is 0 Å². The van der Waals surface area contributed by atoms with Crippen molar-refractivity contribution in [3.63, 3.8) is 0 Å². The summed E-state index contributed by atoms with van der Waals surface area (Å²) in [7, 11) is 1.90. The highest BCUT2D eigenvalue weighted by Crippen LogP contribution is 2.27. The molecule has 4 rings (SSSR count). The molecule has 1 aliphatic heterocycles. The summed E-state index contributed by atoms with van der Waals surface area (Å²) in [5.74, 6) is 1.50. The number of aryl methyl sites for hydroxylation is 1. The van der Waals surface area contributed by atoms with Crippen molar-refractivity contribution in [2.75, 3.05) is 24.5 Å². The Morgan fingerprint density at radius 3 is 2.67 bits per heavy atom. The lowest BCUT2D eigenvalue weighted by molar-refractivity contribution is 0.413. The molecule has 1 fully saturated rings. The van der Waals surface area contributed by atoms with Crippen LogP contribution in [0.3, 0.4) is 0 Å². The first-order chi connectivity index (χ1) is 11.2. The summed E-state index contributed by atoms with van der Waals surface area (Å²) in [5.41, 5.74) is 8.42. The number of rotatable bonds is 3. The maximum atomic E-state index is 5.79. The van der Waals surface area contributed by atoms with Gasteiger partial charge < -0.3 is 10.6 Å². The molecular formula is C15H21ClN8. The number of nitrogens with two attached hydrogens (primary N) is 1. The van der Waals surface area contributed by atoms with E-state index in [2.05, 4.69) is 20.1 Å². The van der Waals surface area contributed by atoms with Gasteiger partial charge in [-0.3, -0.25) is 4.68 Å². The van der Waals surface area contributed by atoms with Gasteiger partial charge >= 0.3 is 0 Å². The van der Waals surface area contributed by atoms with Gasteiger partial charge in [0.1, 0.15) is 6.33 Å². The highest BCUT2D eigenvalue weighted by Gasteiger charge is 2.22. The minimum Gasteiger partial charge on any atom is -0.353 e. The number of aromatic nitrogens is 6. The molecule has 3 aromatic heterocycles. The average molecular weight is 349 g/mol. The van der Waals surface area contributed by atoms with E-state index in [1.165, 1.54) is 0 Å². The Bertz CT molecular complexity index is 818. The molecule has 0 spiro atoms. The lowest BCUT2D eigenvalue weighted by Gasteiger charge is -2.32. The summed E-state index contributed by atoms with van der Waals surface area (Å²) in [5, 5.41) is 8.52. The molecule has 1 saturated heterocycles. The maximum absolute atomic E-state index is 5.79. The van der Waals surface area contributed by atoms with E-state index in [-0.39, 0.29) is 12.4 Å². The monoisotopic (exact) mass is 348 g/mol. The Morgan fingerprint density at radius 2 is 2.00 bits per heavy atom. The van der Waals surface area contributed by atoms with Crippen LogP contribution in [-0.4, -0.2) is 49.0 Å². The second kappa shape index (κ2) is 6.74. The van der Waals surface area contributed by atoms with Crippen molar-refractivity contribution < 1.29 is 0 Å². The Labute approximate surface area is 146 Å². The fourth-order valence-electron chi connectivity index (χ4n) is 3.10. The van der Waals surface area contributed by atoms with Crippen LogP contribution in [0.15, 0.2) is 24.9 Å². The number of anilines is 1. The molecule has 0 aliphatic carbocycles. The van der Waals surface area contributed by atoms with E-state index < -0.39 is 0 Å². The van der Waals surface area contributed by atoms with E-state index in [0.29, 0.717) is 5.92 Å². The van der Waals surface area contributed by atoms with E-state index >= 15 is 0 Å². The predicted octanol–water partition coefficient (Wildman–Crippen LogP) is 1.12. The highest BCUT2D eigenvalue weighted by molar-refractivity contribution is 5.85. The summed E-state index contributed by atoms with van der Waals surface area (Å²) < 4.78 is 3.56. The minimum atomic E-state index is 0. The highest BCUT2D eigenvalue weighted by atomic mass is 35.5. The van der Waals surface area contributed by atoms with Crippen LogP contribution >= 0.6 is 12.4 Å². The SMILES string of the molecule is Cl.Cn1cc(-c2cn3ncnc3c(N3CCC(CN)CC3)n2)cn1. The van der Waals surface area contributed by atoms with Crippen molar-refractivity contribution in [2.45, 2.75) is 12.8 Å². The summed E-state index contributed by atoms with van der Waals surface area (Å²) in [6.07, 6.45) is 9.42. The first-order valence-corrected chi connectivity index (χ1v) is 7.89. The van der Waals surface area contributed by atoms with Crippen LogP contribution < -0.4 is 10.6 Å². The van der Waals surface area contributed by atoms with Gasteiger partial charge in [-0.25, -0.2) is 14.5 Å². The predicted molar refractivity (Wildman–Crippen MR) is 94.2 cm³/mol. The summed E-state index contributed by atoms with van der Waals surface area (Å²) >= 11 is 0. The quantitative estimate of drug-likeness (QED) is 0.762. The van der Waals surface area contributed by atoms with Gasteiger partial charge in [0.25, 0.3) is 0 Å². The first kappa shape index (κ1) is 16.7. The van der Waals surface area contributed by atoms with Gasteiger partial charge in [0.15, 0.2) is 11.5 Å². The van der Waals surface area contributed by atoms with Gasteiger partial charge in [0.05, 0.1) is 18.1 Å². The standard InChI is InChI=1S/C15H20N8.ClH/c1-21-8-12(7-18-21)13-9-23-14(17-10-19-23)15(20-13)22-4-2-11(6-16)3-5-22;/h7-11H,2-6,16H2,1H3;1H. The molecule has 0 atom stereocenters. The molecule has 2 N–H and O–H groups in total. The van der Waals surface area contributed by atoms with Gasteiger partial charge in [-0.15, -0.1) is 12.4 Å². The average Bonchev–Trinajstić information content (AvgIpc) is 3.22. The second-order valence-electron chi connectivity index (χ2n) is 6.05. The lowest BCUT2D eigenvalue weighted by Crippen LogP contribution is -2.36. The Kier molecular flexibility index (Phi) is 4.68. The molecule has 8 nitrogen and oxygen atoms in total. The molecule has 0 unspecified atom stereocenters. The first-order valence-electron chi connectivity index (χ1n) is 7.89. The number of nitrogens with zero attached hydrogens (tertiary/aromatic N) is 7. The van der Waals surface area contributed by atoms with Gasteiger partial charge in [0.2, 0.25) is 0 Å². The summed E-state index contributed by atoms with van der Waals surface area (Å²) in [6.45, 7) is 2.67. The normalized spacial score (nSPS) is 15.7. The van der Waals surface area contributed by atoms with E-state index in [9.17, 15) is 0 Å². The molecule has 24 heavy (non-hydrogen) atoms. The molecule has 128 valence electrons. The van der Waals surface area contributed by atoms with Gasteiger partial charge in [-0.1, -0.05) is 0 Å². The third kappa shape index (κ3) is 2.94. The minimum absolute atomic E-state index is 0. The summed E-state index contributed by atoms with van der Waals surface area (Å²) in [4.78, 5) is 11.5. The van der Waals surface area contributed by atoms with E-state index in [4.69, 9.17) is 10.7 Å². The molecule has 0 saturated carbocycles. The molecule has 0 aromatic carbocycles. The largest absolute Gasteiger partial charge is 0.353 e. The molecule has 3 aromatic rings. The molecule has 0 radical (unpaired) electrons. The smallest absolute Gasteiger partial charge is 0.198 e. The number of fused-ring (bicyclic) bond motifs is 1. The van der Waals surface area contributed by atoms with Crippen molar-refractivity contribution in [1.82, 2.24) is 29.4 Å². The fourth-order valence-corrected chi connectivity index (χ4v) is 3.10. The molecule has 0 amide bonds. The fraction of sp³-hybridized carbons (Fsp3) is 0.467. The van der Waals surface area contributed by atoms with Crippen molar-refractivity contribution in [3.8, 4) is 11.3 Å². The molecule has 1 aliphatic rings. The zero-order valence-electron chi connectivity index (χ0n) is 13.5. The van der Waals surface area contributed by atoms with Gasteiger partial charge in [-0.2, -0.15) is 10.2 Å². The Balaban J connectivity index is 0.00000169. The number of halogens is 1. The van der Waals surface area contributed by atoms with E-state index in [0.717, 1.165) is 55.2 Å². The zero-order valence-corrected chi connectivity index (χ0v) is 14.4. The van der Waals surface area contributed by atoms with Crippen molar-refractivity contribution in [2.24, 2.45) is 18.7 Å². The van der Waals surface area contributed by atoms with Crippen molar-refractivity contribution >= 4 is 23.9 Å². The van der Waals surface area contributed by atoms with Crippen LogP contribution in [0.5, 0.6) is 0 Å². The van der Waals surface area contributed by atoms with E-state index in [1.54, 1.807) is 15.5 Å². The van der Waals surface area contributed by atoms with E-state index in [1.807, 2.05) is 25.6 Å². The Morgan fingerprint density at radius 1 is 1.21 bits per heavy atom. The summed E-state index contributed by atoms with van der Waals surface area (Å²) in [6, 6.07) is 0. The molecule has 4 heterocycles. The third-order valence-electron chi connectivity index (χ3n) is 4.49. The molecular weight excluding hydrogens is 328 g/mol. The van der Waals surface area contributed by atoms with Crippen LogP contribution in [0.4, 0.5) is 5.82 Å².